The van der Waals surface area contributed by atoms with Gasteiger partial charge in [0.15, 0.2) is 0 Å². The third-order valence-electron chi connectivity index (χ3n) is 4.28. The maximum absolute atomic E-state index is 13.5. The Balaban J connectivity index is 0. The summed E-state index contributed by atoms with van der Waals surface area (Å²) in [6.45, 7) is -1.50. The van der Waals surface area contributed by atoms with Gasteiger partial charge in [-0.25, -0.2) is 12.6 Å². The van der Waals surface area contributed by atoms with E-state index in [1.807, 2.05) is 0 Å². The number of rotatable bonds is 12. The standard InChI is InChI=1S/C12H4F22O4S.Na/c1-2(13,14)3(15,16)4(17,18)5(19,20)6(21,22)7(23,24)8(25,26)9(27,28)10(29,30)11(31,32)12(33,34)38-39(35,36)37;/h1H3,(H,35,36,37);/q;+1/p-1. The van der Waals surface area contributed by atoms with Crippen LogP contribution in [0.1, 0.15) is 6.92 Å². The third-order valence-corrected chi connectivity index (χ3v) is 4.69. The van der Waals surface area contributed by atoms with Crippen LogP contribution in [-0.4, -0.2) is 78.3 Å². The molecule has 0 heterocycles. The van der Waals surface area contributed by atoms with Gasteiger partial charge in [0.1, 0.15) is 0 Å². The van der Waals surface area contributed by atoms with E-state index >= 15 is 0 Å². The van der Waals surface area contributed by atoms with Gasteiger partial charge in [-0.15, -0.1) is 0 Å². The Morgan fingerprint density at radius 2 is 0.600 bits per heavy atom. The molecule has 0 N–H and O–H groups in total. The Labute approximate surface area is 226 Å². The summed E-state index contributed by atoms with van der Waals surface area (Å²) in [5.74, 6) is -88.0. The maximum atomic E-state index is 13.5. The minimum atomic E-state index is -9.47. The fourth-order valence-corrected chi connectivity index (χ4v) is 2.38. The first-order valence-corrected chi connectivity index (χ1v) is 9.36. The van der Waals surface area contributed by atoms with Crippen molar-refractivity contribution in [1.82, 2.24) is 0 Å². The molecule has 0 aliphatic carbocycles. The largest absolute Gasteiger partial charge is 1.00 e. The summed E-state index contributed by atoms with van der Waals surface area (Å²) in [5, 5.41) is 0. The molecule has 0 aromatic carbocycles. The van der Waals surface area contributed by atoms with Gasteiger partial charge in [0.05, 0.1) is 0 Å². The summed E-state index contributed by atoms with van der Waals surface area (Å²) in [6.07, 6.45) is -7.99. The Hall–Kier alpha value is -0.670. The monoisotopic (exact) mass is 684 g/mol. The smallest absolute Gasteiger partial charge is 0.725 e. The maximum Gasteiger partial charge on any atom is 1.00 e. The molecule has 0 radical (unpaired) electrons. The first-order chi connectivity index (χ1) is 16.2. The molecule has 0 atom stereocenters. The quantitative estimate of drug-likeness (QED) is 0.137. The molecule has 0 aliphatic heterocycles. The van der Waals surface area contributed by atoms with Gasteiger partial charge in [-0.05, 0) is 0 Å². The van der Waals surface area contributed by atoms with Gasteiger partial charge in [0.2, 0.25) is 10.4 Å². The molecule has 0 saturated carbocycles. The zero-order chi connectivity index (χ0) is 32.7. The second-order valence-corrected chi connectivity index (χ2v) is 8.05. The summed E-state index contributed by atoms with van der Waals surface area (Å²) in [6, 6.07) is 0. The molecule has 0 unspecified atom stereocenters. The normalized spacial score (nSPS) is 16.6. The van der Waals surface area contributed by atoms with E-state index in [4.69, 9.17) is 0 Å². The van der Waals surface area contributed by atoms with Crippen LogP contribution < -0.4 is 29.6 Å². The molecule has 0 bridgehead atoms. The van der Waals surface area contributed by atoms with E-state index in [-0.39, 0.29) is 29.6 Å². The van der Waals surface area contributed by atoms with Crippen LogP contribution in [0.2, 0.25) is 0 Å². The van der Waals surface area contributed by atoms with Crippen LogP contribution in [0.4, 0.5) is 96.6 Å². The van der Waals surface area contributed by atoms with Gasteiger partial charge in [0, 0.05) is 6.92 Å². The number of alkyl halides is 22. The predicted octanol–water partition coefficient (Wildman–Crippen LogP) is 3.43. The molecule has 0 saturated heterocycles. The molecule has 28 heteroatoms. The Bertz CT molecular complexity index is 1030. The minimum Gasteiger partial charge on any atom is -0.725 e. The second-order valence-electron chi connectivity index (χ2n) is 7.07. The van der Waals surface area contributed by atoms with Crippen LogP contribution in [0.25, 0.3) is 0 Å². The summed E-state index contributed by atoms with van der Waals surface area (Å²) in [5.41, 5.74) is 0. The van der Waals surface area contributed by atoms with Crippen molar-refractivity contribution in [2.45, 2.75) is 72.3 Å². The van der Waals surface area contributed by atoms with Gasteiger partial charge in [-0.1, -0.05) is 0 Å². The SMILES string of the molecule is CC(F)(F)C(F)(F)C(F)(F)C(F)(F)C(F)(F)C(F)(F)C(F)(F)C(F)(F)C(F)(F)C(F)(F)C(F)(F)OS(=O)(=O)[O-].[Na+]. The fraction of sp³-hybridized carbons (Fsp3) is 1.00. The zero-order valence-electron chi connectivity index (χ0n) is 17.9. The number of hydrogen-bond acceptors (Lipinski definition) is 4. The van der Waals surface area contributed by atoms with Crippen molar-refractivity contribution in [2.75, 3.05) is 0 Å². The third kappa shape index (κ3) is 5.42. The topological polar surface area (TPSA) is 66.4 Å². The van der Waals surface area contributed by atoms with Gasteiger partial charge < -0.3 is 4.55 Å². The molecule has 0 amide bonds. The van der Waals surface area contributed by atoms with Gasteiger partial charge >= 0.3 is 94.9 Å². The van der Waals surface area contributed by atoms with Gasteiger partial charge in [-0.2, -0.15) is 96.6 Å². The van der Waals surface area contributed by atoms with Gasteiger partial charge in [0.25, 0.3) is 0 Å². The average molecular weight is 684 g/mol. The summed E-state index contributed by atoms with van der Waals surface area (Å²) < 4.78 is 322. The second kappa shape index (κ2) is 10.2. The molecular weight excluding hydrogens is 681 g/mol. The van der Waals surface area contributed by atoms with Crippen LogP contribution in [0, 0.1) is 0 Å². The number of hydrogen-bond donors (Lipinski definition) is 0. The molecule has 40 heavy (non-hydrogen) atoms. The van der Waals surface area contributed by atoms with Crippen molar-refractivity contribution in [2.24, 2.45) is 0 Å². The molecule has 236 valence electrons. The van der Waals surface area contributed by atoms with Crippen molar-refractivity contribution < 1.29 is 143 Å². The zero-order valence-corrected chi connectivity index (χ0v) is 20.7. The van der Waals surface area contributed by atoms with E-state index in [9.17, 15) is 110 Å². The Kier molecular flexibility index (Phi) is 10.6. The first-order valence-electron chi connectivity index (χ1n) is 8.03. The van der Waals surface area contributed by atoms with E-state index in [0.29, 0.717) is 0 Å². The van der Waals surface area contributed by atoms with Gasteiger partial charge in [-0.3, -0.25) is 0 Å². The molecule has 0 fully saturated rings. The van der Waals surface area contributed by atoms with E-state index in [1.165, 1.54) is 4.18 Å². The minimum absolute atomic E-state index is 0. The van der Waals surface area contributed by atoms with Crippen molar-refractivity contribution in [1.29, 1.82) is 0 Å². The van der Waals surface area contributed by atoms with Crippen molar-refractivity contribution in [3.8, 4) is 0 Å². The van der Waals surface area contributed by atoms with Crippen LogP contribution in [0.3, 0.4) is 0 Å². The van der Waals surface area contributed by atoms with Crippen molar-refractivity contribution in [3.63, 3.8) is 0 Å². The average Bonchev–Trinajstić information content (AvgIpc) is 2.63. The summed E-state index contributed by atoms with van der Waals surface area (Å²) in [7, 11) is -7.45. The molecular formula is C12H3F22NaO4S. The molecule has 0 rings (SSSR count). The molecule has 4 nitrogen and oxygen atoms in total. The Morgan fingerprint density at radius 1 is 0.425 bits per heavy atom. The van der Waals surface area contributed by atoms with Crippen LogP contribution in [0.15, 0.2) is 0 Å². The van der Waals surface area contributed by atoms with E-state index < -0.39 is 82.7 Å². The van der Waals surface area contributed by atoms with E-state index in [0.717, 1.165) is 0 Å². The first kappa shape index (κ1) is 41.5. The molecule has 0 aliphatic rings. The summed E-state index contributed by atoms with van der Waals surface area (Å²) in [4.78, 5) is 0. The van der Waals surface area contributed by atoms with Crippen LogP contribution in [-0.2, 0) is 14.6 Å². The van der Waals surface area contributed by atoms with Crippen LogP contribution in [0.5, 0.6) is 0 Å². The van der Waals surface area contributed by atoms with Crippen LogP contribution >= 0.6 is 0 Å². The summed E-state index contributed by atoms with van der Waals surface area (Å²) >= 11 is 0. The molecule has 0 aromatic heterocycles. The number of halogens is 22. The molecule has 0 spiro atoms. The van der Waals surface area contributed by atoms with E-state index in [1.54, 1.807) is 0 Å². The Morgan fingerprint density at radius 3 is 0.775 bits per heavy atom. The fourth-order valence-electron chi connectivity index (χ4n) is 2.02. The van der Waals surface area contributed by atoms with Crippen molar-refractivity contribution >= 4 is 10.4 Å². The van der Waals surface area contributed by atoms with E-state index in [2.05, 4.69) is 0 Å². The van der Waals surface area contributed by atoms with Crippen molar-refractivity contribution in [3.05, 3.63) is 0 Å². The predicted molar refractivity (Wildman–Crippen MR) is 70.9 cm³/mol. The molecule has 0 aromatic rings.